The summed E-state index contributed by atoms with van der Waals surface area (Å²) in [7, 11) is -3.32. The molecule has 176 valence electrons. The van der Waals surface area contributed by atoms with Crippen LogP contribution in [0, 0.1) is 0 Å². The van der Waals surface area contributed by atoms with Crippen LogP contribution < -0.4 is 4.90 Å². The van der Waals surface area contributed by atoms with Gasteiger partial charge in [-0.15, -0.1) is 11.3 Å². The van der Waals surface area contributed by atoms with E-state index < -0.39 is 9.84 Å². The van der Waals surface area contributed by atoms with Crippen molar-refractivity contribution < 1.29 is 8.42 Å². The van der Waals surface area contributed by atoms with Crippen LogP contribution in [0.15, 0.2) is 58.8 Å². The van der Waals surface area contributed by atoms with E-state index in [9.17, 15) is 8.42 Å². The first-order chi connectivity index (χ1) is 15.7. The van der Waals surface area contributed by atoms with E-state index in [1.54, 1.807) is 23.5 Å². The SMILES string of the molecule is CCCc1ccc(-c2csc(N3CCC(S(=O)(=O)c4ccc(C(C)(C)C)cc4)CC3)n2)cc1. The van der Waals surface area contributed by atoms with E-state index in [4.69, 9.17) is 4.98 Å². The second-order valence-corrected chi connectivity index (χ2v) is 13.0. The molecule has 1 aromatic heterocycles. The minimum absolute atomic E-state index is 0.0116. The van der Waals surface area contributed by atoms with Crippen molar-refractivity contribution in [3.05, 3.63) is 65.0 Å². The van der Waals surface area contributed by atoms with Crippen molar-refractivity contribution in [2.45, 2.75) is 68.9 Å². The van der Waals surface area contributed by atoms with Gasteiger partial charge in [0.1, 0.15) is 0 Å². The van der Waals surface area contributed by atoms with E-state index in [2.05, 4.69) is 62.2 Å². The molecule has 1 aliphatic heterocycles. The molecule has 6 heteroatoms. The Morgan fingerprint density at radius 1 is 1.00 bits per heavy atom. The standard InChI is InChI=1S/C27H34N2O2S2/c1-5-6-20-7-9-21(10-8-20)25-19-32-26(28-25)29-17-15-24(16-18-29)33(30,31)23-13-11-22(12-14-23)27(2,3)4/h7-14,19,24H,5-6,15-18H2,1-4H3. The summed E-state index contributed by atoms with van der Waals surface area (Å²) in [5.41, 5.74) is 4.64. The van der Waals surface area contributed by atoms with Crippen molar-refractivity contribution in [2.75, 3.05) is 18.0 Å². The fourth-order valence-electron chi connectivity index (χ4n) is 4.37. The number of hydrogen-bond acceptors (Lipinski definition) is 5. The number of thiazole rings is 1. The van der Waals surface area contributed by atoms with Gasteiger partial charge in [0.05, 0.1) is 15.8 Å². The van der Waals surface area contributed by atoms with E-state index in [1.165, 1.54) is 5.56 Å². The van der Waals surface area contributed by atoms with E-state index in [1.807, 2.05) is 12.1 Å². The maximum absolute atomic E-state index is 13.2. The van der Waals surface area contributed by atoms with Gasteiger partial charge in [0.25, 0.3) is 0 Å². The lowest BCUT2D eigenvalue weighted by molar-refractivity contribution is 0.529. The quantitative estimate of drug-likeness (QED) is 0.402. The molecule has 0 radical (unpaired) electrons. The Morgan fingerprint density at radius 2 is 1.64 bits per heavy atom. The number of sulfone groups is 1. The Kier molecular flexibility index (Phi) is 6.96. The highest BCUT2D eigenvalue weighted by Crippen LogP contribution is 2.32. The highest BCUT2D eigenvalue weighted by molar-refractivity contribution is 7.92. The molecule has 0 bridgehead atoms. The van der Waals surface area contributed by atoms with Gasteiger partial charge < -0.3 is 4.90 Å². The highest BCUT2D eigenvalue weighted by Gasteiger charge is 2.32. The van der Waals surface area contributed by atoms with Crippen LogP contribution >= 0.6 is 11.3 Å². The number of hydrogen-bond donors (Lipinski definition) is 0. The zero-order valence-corrected chi connectivity index (χ0v) is 21.7. The number of aryl methyl sites for hydroxylation is 1. The molecule has 1 aliphatic rings. The van der Waals surface area contributed by atoms with Crippen molar-refractivity contribution in [3.63, 3.8) is 0 Å². The minimum Gasteiger partial charge on any atom is -0.348 e. The summed E-state index contributed by atoms with van der Waals surface area (Å²) in [5, 5.41) is 2.75. The van der Waals surface area contributed by atoms with Crippen LogP contribution in [0.2, 0.25) is 0 Å². The molecule has 2 aromatic carbocycles. The van der Waals surface area contributed by atoms with E-state index in [0.717, 1.165) is 34.8 Å². The third kappa shape index (κ3) is 5.33. The average Bonchev–Trinajstić information content (AvgIpc) is 3.30. The van der Waals surface area contributed by atoms with Gasteiger partial charge in [-0.2, -0.15) is 0 Å². The molecule has 1 fully saturated rings. The highest BCUT2D eigenvalue weighted by atomic mass is 32.2. The fraction of sp³-hybridized carbons (Fsp3) is 0.444. The number of anilines is 1. The smallest absolute Gasteiger partial charge is 0.185 e. The van der Waals surface area contributed by atoms with Gasteiger partial charge in [0, 0.05) is 24.0 Å². The van der Waals surface area contributed by atoms with Gasteiger partial charge in [-0.3, -0.25) is 0 Å². The van der Waals surface area contributed by atoms with Gasteiger partial charge in [-0.05, 0) is 47.9 Å². The Labute approximate surface area is 202 Å². The molecular formula is C27H34N2O2S2. The summed E-state index contributed by atoms with van der Waals surface area (Å²) in [6.07, 6.45) is 3.50. The summed E-state index contributed by atoms with van der Waals surface area (Å²) in [6, 6.07) is 16.1. The molecule has 0 N–H and O–H groups in total. The molecule has 1 saturated heterocycles. The first-order valence-electron chi connectivity index (χ1n) is 11.8. The number of aromatic nitrogens is 1. The molecule has 0 atom stereocenters. The molecule has 0 unspecified atom stereocenters. The molecule has 4 nitrogen and oxygen atoms in total. The summed E-state index contributed by atoms with van der Waals surface area (Å²) >= 11 is 1.64. The van der Waals surface area contributed by atoms with Gasteiger partial charge >= 0.3 is 0 Å². The molecule has 33 heavy (non-hydrogen) atoms. The van der Waals surface area contributed by atoms with Crippen molar-refractivity contribution in [2.24, 2.45) is 0 Å². The van der Waals surface area contributed by atoms with Crippen LogP contribution in [-0.2, 0) is 21.7 Å². The fourth-order valence-corrected chi connectivity index (χ4v) is 6.99. The third-order valence-electron chi connectivity index (χ3n) is 6.48. The van der Waals surface area contributed by atoms with Crippen molar-refractivity contribution >= 4 is 26.3 Å². The maximum atomic E-state index is 13.2. The molecule has 0 saturated carbocycles. The Balaban J connectivity index is 1.40. The van der Waals surface area contributed by atoms with E-state index in [-0.39, 0.29) is 10.7 Å². The van der Waals surface area contributed by atoms with Crippen molar-refractivity contribution in [1.82, 2.24) is 4.98 Å². The lowest BCUT2D eigenvalue weighted by atomic mass is 9.87. The molecule has 0 spiro atoms. The maximum Gasteiger partial charge on any atom is 0.185 e. The van der Waals surface area contributed by atoms with Gasteiger partial charge in [-0.25, -0.2) is 13.4 Å². The molecule has 0 aliphatic carbocycles. The Hall–Kier alpha value is -2.18. The predicted octanol–water partition coefficient (Wildman–Crippen LogP) is 6.50. The summed E-state index contributed by atoms with van der Waals surface area (Å²) in [5.74, 6) is 0. The normalized spacial score (nSPS) is 15.7. The lowest BCUT2D eigenvalue weighted by Gasteiger charge is -2.31. The number of piperidine rings is 1. The molecule has 3 aromatic rings. The summed E-state index contributed by atoms with van der Waals surface area (Å²) < 4.78 is 26.4. The molecular weight excluding hydrogens is 448 g/mol. The van der Waals surface area contributed by atoms with Crippen LogP contribution in [-0.4, -0.2) is 31.7 Å². The van der Waals surface area contributed by atoms with E-state index >= 15 is 0 Å². The number of nitrogens with zero attached hydrogens (tertiary/aromatic N) is 2. The largest absolute Gasteiger partial charge is 0.348 e. The molecule has 0 amide bonds. The predicted molar refractivity (Wildman–Crippen MR) is 139 cm³/mol. The monoisotopic (exact) mass is 482 g/mol. The van der Waals surface area contributed by atoms with Crippen LogP contribution in [0.5, 0.6) is 0 Å². The number of rotatable bonds is 6. The lowest BCUT2D eigenvalue weighted by Crippen LogP contribution is -2.39. The molecule has 4 rings (SSSR count). The van der Waals surface area contributed by atoms with Crippen LogP contribution in [0.1, 0.15) is 58.1 Å². The van der Waals surface area contributed by atoms with Gasteiger partial charge in [-0.1, -0.05) is 70.5 Å². The molecule has 2 heterocycles. The number of benzene rings is 2. The first-order valence-corrected chi connectivity index (χ1v) is 14.3. The zero-order valence-electron chi connectivity index (χ0n) is 20.0. The minimum atomic E-state index is -3.32. The van der Waals surface area contributed by atoms with Gasteiger partial charge in [0.2, 0.25) is 0 Å². The zero-order chi connectivity index (χ0) is 23.6. The summed E-state index contributed by atoms with van der Waals surface area (Å²) in [4.78, 5) is 7.53. The van der Waals surface area contributed by atoms with Crippen LogP contribution in [0.25, 0.3) is 11.3 Å². The van der Waals surface area contributed by atoms with Crippen molar-refractivity contribution in [1.29, 1.82) is 0 Å². The Morgan fingerprint density at radius 3 is 2.21 bits per heavy atom. The Bertz CT molecular complexity index is 1170. The first kappa shape index (κ1) is 24.0. The average molecular weight is 483 g/mol. The second kappa shape index (κ2) is 9.59. The third-order valence-corrected chi connectivity index (χ3v) is 9.66. The summed E-state index contributed by atoms with van der Waals surface area (Å²) in [6.45, 7) is 10.0. The van der Waals surface area contributed by atoms with E-state index in [0.29, 0.717) is 30.8 Å². The second-order valence-electron chi connectivity index (χ2n) is 9.97. The topological polar surface area (TPSA) is 50.3 Å². The van der Waals surface area contributed by atoms with Crippen LogP contribution in [0.4, 0.5) is 5.13 Å². The van der Waals surface area contributed by atoms with Crippen molar-refractivity contribution in [3.8, 4) is 11.3 Å². The van der Waals surface area contributed by atoms with Gasteiger partial charge in [0.15, 0.2) is 15.0 Å². The van der Waals surface area contributed by atoms with Crippen LogP contribution in [0.3, 0.4) is 0 Å².